The fourth-order valence-electron chi connectivity index (χ4n) is 1.83. The molecule has 0 aliphatic rings. The quantitative estimate of drug-likeness (QED) is 0.717. The van der Waals surface area contributed by atoms with Crippen LogP contribution in [0.4, 0.5) is 0 Å². The van der Waals surface area contributed by atoms with E-state index in [2.05, 4.69) is 15.1 Å². The van der Waals surface area contributed by atoms with E-state index >= 15 is 0 Å². The molecule has 0 bridgehead atoms. The summed E-state index contributed by atoms with van der Waals surface area (Å²) in [6, 6.07) is 3.67. The van der Waals surface area contributed by atoms with Crippen LogP contribution in [0.5, 0.6) is 0 Å². The van der Waals surface area contributed by atoms with Gasteiger partial charge in [0.1, 0.15) is 0 Å². The average molecular weight is 278 g/mol. The van der Waals surface area contributed by atoms with E-state index in [4.69, 9.17) is 14.7 Å². The first-order valence-electron chi connectivity index (χ1n) is 6.50. The number of hydrogen-bond donors (Lipinski definition) is 2. The third kappa shape index (κ3) is 4.09. The second-order valence-corrected chi connectivity index (χ2v) is 4.33. The van der Waals surface area contributed by atoms with Crippen LogP contribution in [0, 0.1) is 0 Å². The van der Waals surface area contributed by atoms with E-state index in [1.807, 2.05) is 17.0 Å². The molecule has 0 fully saturated rings. The highest BCUT2D eigenvalue weighted by Gasteiger charge is 2.12. The van der Waals surface area contributed by atoms with Gasteiger partial charge in [0.05, 0.1) is 13.2 Å². The third-order valence-corrected chi connectivity index (χ3v) is 2.80. The van der Waals surface area contributed by atoms with Crippen molar-refractivity contribution in [3.05, 3.63) is 30.4 Å². The minimum atomic E-state index is 0.0506. The van der Waals surface area contributed by atoms with Crippen LogP contribution in [0.2, 0.25) is 0 Å². The Hall–Kier alpha value is -1.83. The molecule has 0 radical (unpaired) electrons. The van der Waals surface area contributed by atoms with Crippen molar-refractivity contribution in [3.63, 3.8) is 0 Å². The summed E-state index contributed by atoms with van der Waals surface area (Å²) in [5, 5.41) is 21.8. The fraction of sp³-hybridized carbons (Fsp3) is 0.462. The van der Waals surface area contributed by atoms with Crippen LogP contribution in [0.3, 0.4) is 0 Å². The summed E-state index contributed by atoms with van der Waals surface area (Å²) in [4.78, 5) is 10.3. The lowest BCUT2D eigenvalue weighted by molar-refractivity contribution is 0.160. The molecule has 2 heterocycles. The normalized spacial score (nSPS) is 11.2. The first-order valence-corrected chi connectivity index (χ1v) is 6.50. The smallest absolute Gasteiger partial charge is 0.241 e. The van der Waals surface area contributed by atoms with Crippen molar-refractivity contribution in [2.75, 3.05) is 26.3 Å². The summed E-state index contributed by atoms with van der Waals surface area (Å²) in [6.07, 6.45) is 4.00. The Balaban J connectivity index is 2.00. The summed E-state index contributed by atoms with van der Waals surface area (Å²) in [5.41, 5.74) is 0.798. The molecule has 0 saturated heterocycles. The highest BCUT2D eigenvalue weighted by Crippen LogP contribution is 2.14. The average Bonchev–Trinajstić information content (AvgIpc) is 2.94. The summed E-state index contributed by atoms with van der Waals surface area (Å²) >= 11 is 0. The highest BCUT2D eigenvalue weighted by atomic mass is 16.5. The molecule has 0 aromatic carbocycles. The molecule has 2 aromatic rings. The predicted molar refractivity (Wildman–Crippen MR) is 71.6 cm³/mol. The van der Waals surface area contributed by atoms with Gasteiger partial charge in [-0.05, 0) is 18.6 Å². The second-order valence-electron chi connectivity index (χ2n) is 4.33. The van der Waals surface area contributed by atoms with Crippen molar-refractivity contribution in [2.24, 2.45) is 0 Å². The number of hydrogen-bond acceptors (Lipinski definition) is 7. The Morgan fingerprint density at radius 1 is 1.20 bits per heavy atom. The molecule has 0 aliphatic carbocycles. The minimum absolute atomic E-state index is 0.0506. The molecule has 0 atom stereocenters. The molecular weight excluding hydrogens is 260 g/mol. The van der Waals surface area contributed by atoms with Gasteiger partial charge in [0.2, 0.25) is 11.7 Å². The lowest BCUT2D eigenvalue weighted by Gasteiger charge is -2.18. The van der Waals surface area contributed by atoms with Gasteiger partial charge in [-0.2, -0.15) is 4.98 Å². The maximum atomic E-state index is 9.02. The molecular formula is C13H18N4O3. The Bertz CT molecular complexity index is 503. The van der Waals surface area contributed by atoms with Crippen LogP contribution < -0.4 is 0 Å². The lowest BCUT2D eigenvalue weighted by Crippen LogP contribution is -2.28. The number of aliphatic hydroxyl groups excluding tert-OH is 2. The Morgan fingerprint density at radius 2 is 2.10 bits per heavy atom. The third-order valence-electron chi connectivity index (χ3n) is 2.80. The van der Waals surface area contributed by atoms with Crippen LogP contribution in [-0.2, 0) is 6.54 Å². The van der Waals surface area contributed by atoms with Crippen LogP contribution in [-0.4, -0.2) is 56.5 Å². The maximum Gasteiger partial charge on any atom is 0.241 e. The molecule has 2 N–H and O–H groups in total. The van der Waals surface area contributed by atoms with E-state index in [1.165, 1.54) is 0 Å². The van der Waals surface area contributed by atoms with Gasteiger partial charge in [0.15, 0.2) is 0 Å². The Labute approximate surface area is 116 Å². The van der Waals surface area contributed by atoms with Gasteiger partial charge >= 0.3 is 0 Å². The summed E-state index contributed by atoms with van der Waals surface area (Å²) < 4.78 is 5.20. The molecule has 0 amide bonds. The van der Waals surface area contributed by atoms with Gasteiger partial charge in [0.25, 0.3) is 0 Å². The monoisotopic (exact) mass is 278 g/mol. The molecule has 108 valence electrons. The van der Waals surface area contributed by atoms with Gasteiger partial charge in [-0.1, -0.05) is 5.16 Å². The molecule has 2 rings (SSSR count). The maximum absolute atomic E-state index is 9.02. The molecule has 0 aliphatic heterocycles. The molecule has 0 unspecified atom stereocenters. The van der Waals surface area contributed by atoms with Crippen molar-refractivity contribution in [1.82, 2.24) is 20.0 Å². The van der Waals surface area contributed by atoms with E-state index in [9.17, 15) is 0 Å². The summed E-state index contributed by atoms with van der Waals surface area (Å²) in [7, 11) is 0. The number of aliphatic hydroxyl groups is 2. The molecule has 7 heteroatoms. The van der Waals surface area contributed by atoms with Gasteiger partial charge in [-0.15, -0.1) is 0 Å². The Kier molecular flexibility index (Phi) is 5.60. The van der Waals surface area contributed by atoms with E-state index in [-0.39, 0.29) is 13.2 Å². The molecule has 0 spiro atoms. The highest BCUT2D eigenvalue weighted by molar-refractivity contribution is 5.51. The lowest BCUT2D eigenvalue weighted by atomic mass is 10.3. The molecule has 0 saturated carbocycles. The number of nitrogens with zero attached hydrogens (tertiary/aromatic N) is 4. The predicted octanol–water partition coefficient (Wildman–Crippen LogP) is 0.308. The first-order chi connectivity index (χ1) is 9.83. The topological polar surface area (TPSA) is 95.5 Å². The molecule has 2 aromatic heterocycles. The SMILES string of the molecule is OCCCN(CCO)Cc1nc(-c2cccnc2)no1. The Morgan fingerprint density at radius 3 is 2.80 bits per heavy atom. The minimum Gasteiger partial charge on any atom is -0.396 e. The van der Waals surface area contributed by atoms with Crippen LogP contribution >= 0.6 is 0 Å². The van der Waals surface area contributed by atoms with E-state index < -0.39 is 0 Å². The van der Waals surface area contributed by atoms with E-state index in [0.717, 1.165) is 5.56 Å². The number of rotatable bonds is 8. The van der Waals surface area contributed by atoms with Crippen molar-refractivity contribution in [2.45, 2.75) is 13.0 Å². The fourth-order valence-corrected chi connectivity index (χ4v) is 1.83. The van der Waals surface area contributed by atoms with Gasteiger partial charge < -0.3 is 14.7 Å². The van der Waals surface area contributed by atoms with Crippen molar-refractivity contribution in [1.29, 1.82) is 0 Å². The van der Waals surface area contributed by atoms with E-state index in [0.29, 0.717) is 37.8 Å². The summed E-state index contributed by atoms with van der Waals surface area (Å²) in [5.74, 6) is 0.981. The number of aromatic nitrogens is 3. The van der Waals surface area contributed by atoms with Gasteiger partial charge in [-0.3, -0.25) is 9.88 Å². The van der Waals surface area contributed by atoms with Crippen LogP contribution in [0.15, 0.2) is 29.0 Å². The summed E-state index contributed by atoms with van der Waals surface area (Å²) in [6.45, 7) is 1.79. The zero-order chi connectivity index (χ0) is 14.2. The second kappa shape index (κ2) is 7.68. The van der Waals surface area contributed by atoms with E-state index in [1.54, 1.807) is 12.4 Å². The zero-order valence-corrected chi connectivity index (χ0v) is 11.1. The number of pyridine rings is 1. The zero-order valence-electron chi connectivity index (χ0n) is 11.1. The van der Waals surface area contributed by atoms with Crippen molar-refractivity contribution in [3.8, 4) is 11.4 Å². The van der Waals surface area contributed by atoms with Crippen LogP contribution in [0.1, 0.15) is 12.3 Å². The molecule has 20 heavy (non-hydrogen) atoms. The molecule has 7 nitrogen and oxygen atoms in total. The van der Waals surface area contributed by atoms with Gasteiger partial charge in [0, 0.05) is 37.7 Å². The largest absolute Gasteiger partial charge is 0.396 e. The van der Waals surface area contributed by atoms with Crippen molar-refractivity contribution < 1.29 is 14.7 Å². The van der Waals surface area contributed by atoms with Crippen molar-refractivity contribution >= 4 is 0 Å². The standard InChI is InChI=1S/C13H18N4O3/c18-7-2-5-17(6-8-19)10-12-15-13(16-20-12)11-3-1-4-14-9-11/h1,3-4,9,18-19H,2,5-8,10H2. The first kappa shape index (κ1) is 14.6. The van der Waals surface area contributed by atoms with Gasteiger partial charge in [-0.25, -0.2) is 0 Å². The van der Waals surface area contributed by atoms with Crippen LogP contribution in [0.25, 0.3) is 11.4 Å².